The van der Waals surface area contributed by atoms with Gasteiger partial charge in [0.15, 0.2) is 0 Å². The molecule has 8 nitrogen and oxygen atoms in total. The SMILES string of the molecule is CC(C)(C)C(NC(=O)C(F)(F)F)C(=O)NC(CC1CC1)C(=O)NC(C#N)C1COC2CC1C2. The number of rotatable bonds is 8. The van der Waals surface area contributed by atoms with Gasteiger partial charge >= 0.3 is 12.1 Å². The third-order valence-corrected chi connectivity index (χ3v) is 6.69. The maximum Gasteiger partial charge on any atom is 0.471 e. The largest absolute Gasteiger partial charge is 0.471 e. The highest BCUT2D eigenvalue weighted by atomic mass is 19.4. The molecule has 4 rings (SSSR count). The molecule has 4 fully saturated rings. The average molecular weight is 473 g/mol. The zero-order chi connectivity index (χ0) is 24.6. The van der Waals surface area contributed by atoms with E-state index < -0.39 is 47.4 Å². The summed E-state index contributed by atoms with van der Waals surface area (Å²) in [5, 5.41) is 16.6. The Balaban J connectivity index is 1.68. The van der Waals surface area contributed by atoms with Crippen molar-refractivity contribution >= 4 is 17.7 Å². The fraction of sp³-hybridized carbons (Fsp3) is 0.818. The quantitative estimate of drug-likeness (QED) is 0.498. The lowest BCUT2D eigenvalue weighted by atomic mass is 9.69. The van der Waals surface area contributed by atoms with Crippen LogP contribution in [0, 0.1) is 34.5 Å². The van der Waals surface area contributed by atoms with E-state index in [1.807, 2.05) is 0 Å². The first kappa shape index (κ1) is 25.3. The third kappa shape index (κ3) is 6.37. The van der Waals surface area contributed by atoms with Crippen LogP contribution in [0.4, 0.5) is 13.2 Å². The number of nitrogens with zero attached hydrogens (tertiary/aromatic N) is 1. The zero-order valence-electron chi connectivity index (χ0n) is 19.0. The molecule has 33 heavy (non-hydrogen) atoms. The fourth-order valence-electron chi connectivity index (χ4n) is 4.39. The number of carbonyl (C=O) groups is 3. The van der Waals surface area contributed by atoms with Gasteiger partial charge in [-0.2, -0.15) is 18.4 Å². The van der Waals surface area contributed by atoms with Crippen LogP contribution in [0.25, 0.3) is 0 Å². The maximum absolute atomic E-state index is 13.0. The first-order chi connectivity index (χ1) is 15.3. The minimum atomic E-state index is -5.14. The molecule has 2 aliphatic carbocycles. The van der Waals surface area contributed by atoms with Crippen molar-refractivity contribution in [1.29, 1.82) is 5.26 Å². The van der Waals surface area contributed by atoms with Crippen molar-refractivity contribution in [1.82, 2.24) is 16.0 Å². The Morgan fingerprint density at radius 1 is 1.06 bits per heavy atom. The van der Waals surface area contributed by atoms with E-state index in [1.54, 1.807) is 5.32 Å². The van der Waals surface area contributed by atoms with Gasteiger partial charge in [0.1, 0.15) is 18.1 Å². The summed E-state index contributed by atoms with van der Waals surface area (Å²) in [7, 11) is 0. The predicted molar refractivity (Wildman–Crippen MR) is 110 cm³/mol. The number of nitrogens with one attached hydrogen (secondary N) is 3. The molecule has 0 radical (unpaired) electrons. The van der Waals surface area contributed by atoms with Crippen LogP contribution in [-0.2, 0) is 19.1 Å². The predicted octanol–water partition coefficient (Wildman–Crippen LogP) is 1.80. The van der Waals surface area contributed by atoms with Gasteiger partial charge in [0.2, 0.25) is 11.8 Å². The van der Waals surface area contributed by atoms with Crippen LogP contribution in [0.3, 0.4) is 0 Å². The molecule has 4 unspecified atom stereocenters. The Labute approximate surface area is 191 Å². The molecule has 184 valence electrons. The summed E-state index contributed by atoms with van der Waals surface area (Å²) in [6, 6.07) is -1.20. The maximum atomic E-state index is 13.0. The van der Waals surface area contributed by atoms with E-state index in [-0.39, 0.29) is 17.9 Å². The standard InChI is InChI=1S/C22H31F3N4O4/c1-21(2,3)17(29-20(32)22(23,24)25)19(31)27-15(6-11-4-5-11)18(30)28-16(9-26)14-10-33-13-7-12(14)8-13/h11-17H,4-8,10H2,1-3H3,(H,27,31)(H,28,30)(H,29,32). The van der Waals surface area contributed by atoms with Crippen molar-refractivity contribution in [3.05, 3.63) is 0 Å². The lowest BCUT2D eigenvalue weighted by molar-refractivity contribution is -0.175. The Morgan fingerprint density at radius 3 is 2.15 bits per heavy atom. The zero-order valence-corrected chi connectivity index (χ0v) is 19.0. The van der Waals surface area contributed by atoms with Gasteiger partial charge in [0, 0.05) is 5.92 Å². The number of halogens is 3. The summed E-state index contributed by atoms with van der Waals surface area (Å²) in [5.74, 6) is -3.29. The molecular weight excluding hydrogens is 441 g/mol. The summed E-state index contributed by atoms with van der Waals surface area (Å²) in [6.07, 6.45) is -1.13. The lowest BCUT2D eigenvalue weighted by Gasteiger charge is -2.47. The lowest BCUT2D eigenvalue weighted by Crippen LogP contribution is -2.60. The minimum Gasteiger partial charge on any atom is -0.378 e. The summed E-state index contributed by atoms with van der Waals surface area (Å²) in [5.41, 5.74) is -1.04. The number of hydrogen-bond donors (Lipinski definition) is 3. The molecule has 0 aromatic carbocycles. The second-order valence-electron chi connectivity index (χ2n) is 10.5. The molecule has 2 aliphatic heterocycles. The van der Waals surface area contributed by atoms with E-state index in [1.165, 1.54) is 20.8 Å². The van der Waals surface area contributed by atoms with Gasteiger partial charge < -0.3 is 20.7 Å². The molecule has 0 spiro atoms. The fourth-order valence-corrected chi connectivity index (χ4v) is 4.39. The van der Waals surface area contributed by atoms with Gasteiger partial charge in [-0.1, -0.05) is 33.6 Å². The summed E-state index contributed by atoms with van der Waals surface area (Å²) in [6.45, 7) is 4.93. The molecule has 2 saturated heterocycles. The Morgan fingerprint density at radius 2 is 1.70 bits per heavy atom. The van der Waals surface area contributed by atoms with Crippen LogP contribution in [0.5, 0.6) is 0 Å². The van der Waals surface area contributed by atoms with Gasteiger partial charge in [-0.25, -0.2) is 0 Å². The number of carbonyl (C=O) groups excluding carboxylic acids is 3. The Kier molecular flexibility index (Phi) is 7.27. The molecule has 2 bridgehead atoms. The van der Waals surface area contributed by atoms with E-state index in [4.69, 9.17) is 4.74 Å². The monoisotopic (exact) mass is 472 g/mol. The number of ether oxygens (including phenoxy) is 1. The van der Waals surface area contributed by atoms with E-state index in [0.29, 0.717) is 18.9 Å². The summed E-state index contributed by atoms with van der Waals surface area (Å²) in [4.78, 5) is 37.5. The molecule has 3 N–H and O–H groups in total. The summed E-state index contributed by atoms with van der Waals surface area (Å²) < 4.78 is 44.0. The van der Waals surface area contributed by atoms with Crippen molar-refractivity contribution in [2.24, 2.45) is 23.2 Å². The van der Waals surface area contributed by atoms with Crippen molar-refractivity contribution in [2.45, 2.75) is 83.3 Å². The van der Waals surface area contributed by atoms with Crippen LogP contribution < -0.4 is 16.0 Å². The molecule has 3 amide bonds. The number of hydrogen-bond acceptors (Lipinski definition) is 5. The van der Waals surface area contributed by atoms with Crippen molar-refractivity contribution in [3.63, 3.8) is 0 Å². The van der Waals surface area contributed by atoms with Gasteiger partial charge in [0.25, 0.3) is 0 Å². The second kappa shape index (κ2) is 9.49. The molecule has 0 aromatic heterocycles. The van der Waals surface area contributed by atoms with E-state index in [9.17, 15) is 32.8 Å². The first-order valence-electron chi connectivity index (χ1n) is 11.3. The van der Waals surface area contributed by atoms with Crippen molar-refractivity contribution in [3.8, 4) is 6.07 Å². The second-order valence-corrected chi connectivity index (χ2v) is 10.5. The van der Waals surface area contributed by atoms with Crippen LogP contribution >= 0.6 is 0 Å². The Hall–Kier alpha value is -2.35. The number of fused-ring (bicyclic) bond motifs is 2. The molecule has 0 aromatic rings. The molecular formula is C22H31F3N4O4. The topological polar surface area (TPSA) is 120 Å². The van der Waals surface area contributed by atoms with Crippen LogP contribution in [0.2, 0.25) is 0 Å². The highest BCUT2D eigenvalue weighted by molar-refractivity contribution is 5.93. The summed E-state index contributed by atoms with van der Waals surface area (Å²) >= 11 is 0. The van der Waals surface area contributed by atoms with Gasteiger partial charge in [0.05, 0.1) is 18.8 Å². The highest BCUT2D eigenvalue weighted by Gasteiger charge is 2.46. The van der Waals surface area contributed by atoms with E-state index in [2.05, 4.69) is 16.7 Å². The van der Waals surface area contributed by atoms with E-state index >= 15 is 0 Å². The van der Waals surface area contributed by atoms with Crippen molar-refractivity contribution in [2.75, 3.05) is 6.61 Å². The smallest absolute Gasteiger partial charge is 0.378 e. The average Bonchev–Trinajstić information content (AvgIpc) is 3.51. The highest BCUT2D eigenvalue weighted by Crippen LogP contribution is 2.42. The number of alkyl halides is 3. The van der Waals surface area contributed by atoms with Crippen LogP contribution in [0.1, 0.15) is 52.9 Å². The molecule has 4 atom stereocenters. The molecule has 11 heteroatoms. The molecule has 2 heterocycles. The molecule has 2 saturated carbocycles. The van der Waals surface area contributed by atoms with Gasteiger partial charge in [-0.05, 0) is 36.5 Å². The molecule has 4 aliphatic rings. The minimum absolute atomic E-state index is 0.144. The Bertz CT molecular complexity index is 807. The van der Waals surface area contributed by atoms with Crippen LogP contribution in [0.15, 0.2) is 0 Å². The number of nitriles is 1. The van der Waals surface area contributed by atoms with Crippen LogP contribution in [-0.4, -0.2) is 54.7 Å². The van der Waals surface area contributed by atoms with Gasteiger partial charge in [-0.3, -0.25) is 14.4 Å². The van der Waals surface area contributed by atoms with Gasteiger partial charge in [-0.15, -0.1) is 0 Å². The number of amides is 3. The van der Waals surface area contributed by atoms with E-state index in [0.717, 1.165) is 25.7 Å². The first-order valence-corrected chi connectivity index (χ1v) is 11.3. The third-order valence-electron chi connectivity index (χ3n) is 6.69. The van der Waals surface area contributed by atoms with Crippen molar-refractivity contribution < 1.29 is 32.3 Å². The normalized spacial score (nSPS) is 27.2.